The van der Waals surface area contributed by atoms with Crippen molar-refractivity contribution in [2.24, 2.45) is 0 Å². The van der Waals surface area contributed by atoms with Crippen LogP contribution in [-0.2, 0) is 0 Å². The van der Waals surface area contributed by atoms with Crippen molar-refractivity contribution in [2.75, 3.05) is 17.2 Å². The highest BCUT2D eigenvalue weighted by molar-refractivity contribution is 9.10. The molecule has 4 nitrogen and oxygen atoms in total. The summed E-state index contributed by atoms with van der Waals surface area (Å²) in [5.41, 5.74) is 3.15. The van der Waals surface area contributed by atoms with Gasteiger partial charge in [0.15, 0.2) is 0 Å². The number of nitrogens with zero attached hydrogens (tertiary/aromatic N) is 1. The van der Waals surface area contributed by atoms with Crippen molar-refractivity contribution in [2.45, 2.75) is 20.3 Å². The summed E-state index contributed by atoms with van der Waals surface area (Å²) < 4.78 is 0.935. The van der Waals surface area contributed by atoms with Crippen LogP contribution in [-0.4, -0.2) is 17.4 Å². The molecule has 0 unspecified atom stereocenters. The normalized spacial score (nSPS) is 10.2. The molecule has 1 aromatic heterocycles. The molecule has 1 heterocycles. The van der Waals surface area contributed by atoms with E-state index in [1.165, 1.54) is 0 Å². The third kappa shape index (κ3) is 4.56. The molecule has 0 aliphatic carbocycles. The zero-order valence-corrected chi connectivity index (χ0v) is 13.7. The Balaban J connectivity index is 2.06. The molecule has 0 saturated heterocycles. The van der Waals surface area contributed by atoms with Gasteiger partial charge in [-0.1, -0.05) is 22.9 Å². The second kappa shape index (κ2) is 7.22. The molecule has 5 heteroatoms. The van der Waals surface area contributed by atoms with Crippen molar-refractivity contribution in [3.05, 3.63) is 52.3 Å². The lowest BCUT2D eigenvalue weighted by molar-refractivity contribution is 0.102. The van der Waals surface area contributed by atoms with E-state index < -0.39 is 0 Å². The summed E-state index contributed by atoms with van der Waals surface area (Å²) in [6, 6.07) is 9.35. The highest BCUT2D eigenvalue weighted by Crippen LogP contribution is 2.19. The van der Waals surface area contributed by atoms with Crippen molar-refractivity contribution in [3.8, 4) is 0 Å². The first-order chi connectivity index (χ1) is 10.1. The van der Waals surface area contributed by atoms with Crippen molar-refractivity contribution in [1.29, 1.82) is 0 Å². The average molecular weight is 348 g/mol. The fourth-order valence-corrected chi connectivity index (χ4v) is 2.51. The van der Waals surface area contributed by atoms with Crippen LogP contribution in [0.2, 0.25) is 0 Å². The van der Waals surface area contributed by atoms with Crippen LogP contribution in [0.25, 0.3) is 0 Å². The number of hydrogen-bond acceptors (Lipinski definition) is 3. The Morgan fingerprint density at radius 3 is 2.67 bits per heavy atom. The van der Waals surface area contributed by atoms with E-state index in [-0.39, 0.29) is 5.91 Å². The highest BCUT2D eigenvalue weighted by Gasteiger charge is 2.08. The van der Waals surface area contributed by atoms with Crippen molar-refractivity contribution >= 4 is 33.2 Å². The zero-order chi connectivity index (χ0) is 15.2. The maximum absolute atomic E-state index is 12.2. The molecule has 110 valence electrons. The van der Waals surface area contributed by atoms with Crippen molar-refractivity contribution in [1.82, 2.24) is 4.98 Å². The topological polar surface area (TPSA) is 54.0 Å². The van der Waals surface area contributed by atoms with E-state index >= 15 is 0 Å². The Labute approximate surface area is 133 Å². The molecule has 1 amide bonds. The Kier molecular flexibility index (Phi) is 5.33. The fourth-order valence-electron chi connectivity index (χ4n) is 1.91. The predicted molar refractivity (Wildman–Crippen MR) is 89.8 cm³/mol. The Hall–Kier alpha value is -1.88. The molecule has 0 atom stereocenters. The van der Waals surface area contributed by atoms with E-state index in [0.29, 0.717) is 5.69 Å². The second-order valence-corrected chi connectivity index (χ2v) is 5.75. The van der Waals surface area contributed by atoms with E-state index in [1.807, 2.05) is 31.2 Å². The quantitative estimate of drug-likeness (QED) is 0.850. The van der Waals surface area contributed by atoms with Gasteiger partial charge in [0.25, 0.3) is 5.91 Å². The highest BCUT2D eigenvalue weighted by atomic mass is 79.9. The van der Waals surface area contributed by atoms with E-state index in [1.54, 1.807) is 12.3 Å². The van der Waals surface area contributed by atoms with Gasteiger partial charge in [-0.15, -0.1) is 0 Å². The van der Waals surface area contributed by atoms with Gasteiger partial charge in [0.05, 0.1) is 11.9 Å². The first kappa shape index (κ1) is 15.5. The molecule has 21 heavy (non-hydrogen) atoms. The largest absolute Gasteiger partial charge is 0.384 e. The summed E-state index contributed by atoms with van der Waals surface area (Å²) in [5, 5.41) is 6.08. The van der Waals surface area contributed by atoms with Gasteiger partial charge in [0.1, 0.15) is 5.69 Å². The summed E-state index contributed by atoms with van der Waals surface area (Å²) in [6.45, 7) is 4.97. The molecule has 1 aromatic carbocycles. The number of benzene rings is 1. The van der Waals surface area contributed by atoms with Gasteiger partial charge in [-0.3, -0.25) is 4.79 Å². The minimum atomic E-state index is -0.213. The number of hydrogen-bond donors (Lipinski definition) is 2. The van der Waals surface area contributed by atoms with Crippen molar-refractivity contribution < 1.29 is 4.79 Å². The van der Waals surface area contributed by atoms with Gasteiger partial charge in [0.2, 0.25) is 0 Å². The molecule has 0 spiro atoms. The first-order valence-corrected chi connectivity index (χ1v) is 7.66. The number of nitrogens with one attached hydrogen (secondary N) is 2. The van der Waals surface area contributed by atoms with Crippen LogP contribution in [0.4, 0.5) is 11.4 Å². The maximum atomic E-state index is 12.2. The van der Waals surface area contributed by atoms with Crippen LogP contribution in [0, 0.1) is 6.92 Å². The molecule has 0 saturated carbocycles. The first-order valence-electron chi connectivity index (χ1n) is 6.87. The predicted octanol–water partition coefficient (Wildman–Crippen LogP) is 4.23. The molecule has 0 bridgehead atoms. The summed E-state index contributed by atoms with van der Waals surface area (Å²) in [5.74, 6) is -0.213. The number of pyridine rings is 1. The minimum Gasteiger partial charge on any atom is -0.384 e. The van der Waals surface area contributed by atoms with Crippen LogP contribution in [0.15, 0.2) is 41.0 Å². The number of anilines is 2. The number of carbonyl (C=O) groups is 1. The molecule has 2 aromatic rings. The van der Waals surface area contributed by atoms with Gasteiger partial charge < -0.3 is 10.6 Å². The number of amides is 1. The Bertz CT molecular complexity index is 606. The summed E-state index contributed by atoms with van der Waals surface area (Å²) in [6.07, 6.45) is 2.72. The van der Waals surface area contributed by atoms with E-state index in [0.717, 1.165) is 34.4 Å². The zero-order valence-electron chi connectivity index (χ0n) is 12.1. The summed E-state index contributed by atoms with van der Waals surface area (Å²) >= 11 is 3.42. The van der Waals surface area contributed by atoms with Crippen LogP contribution < -0.4 is 10.6 Å². The number of aryl methyl sites for hydroxylation is 1. The molecule has 0 aliphatic rings. The molecular weight excluding hydrogens is 330 g/mol. The van der Waals surface area contributed by atoms with E-state index in [4.69, 9.17) is 0 Å². The van der Waals surface area contributed by atoms with Gasteiger partial charge >= 0.3 is 0 Å². The lowest BCUT2D eigenvalue weighted by Gasteiger charge is -2.08. The molecule has 2 rings (SSSR count). The van der Waals surface area contributed by atoms with Gasteiger partial charge in [0, 0.05) is 16.7 Å². The molecule has 2 N–H and O–H groups in total. The SMILES string of the molecule is CCCNc1ccc(C(=O)Nc2cc(C)cc(Br)c2)nc1. The fraction of sp³-hybridized carbons (Fsp3) is 0.250. The average Bonchev–Trinajstić information content (AvgIpc) is 2.44. The second-order valence-electron chi connectivity index (χ2n) is 4.83. The molecule has 0 radical (unpaired) electrons. The Morgan fingerprint density at radius 1 is 1.24 bits per heavy atom. The smallest absolute Gasteiger partial charge is 0.274 e. The summed E-state index contributed by atoms with van der Waals surface area (Å²) in [7, 11) is 0. The molecular formula is C16H18BrN3O. The standard InChI is InChI=1S/C16H18BrN3O/c1-3-6-18-13-4-5-15(19-10-13)16(21)20-14-8-11(2)7-12(17)9-14/h4-5,7-10,18H,3,6H2,1-2H3,(H,20,21). The van der Waals surface area contributed by atoms with Gasteiger partial charge in [-0.2, -0.15) is 0 Å². The number of rotatable bonds is 5. The molecule has 0 fully saturated rings. The van der Waals surface area contributed by atoms with Crippen LogP contribution in [0.5, 0.6) is 0 Å². The number of aromatic nitrogens is 1. The monoisotopic (exact) mass is 347 g/mol. The minimum absolute atomic E-state index is 0.213. The number of halogens is 1. The van der Waals surface area contributed by atoms with E-state index in [2.05, 4.69) is 38.5 Å². The van der Waals surface area contributed by atoms with Gasteiger partial charge in [-0.25, -0.2) is 4.98 Å². The molecule has 0 aliphatic heterocycles. The van der Waals surface area contributed by atoms with Crippen LogP contribution >= 0.6 is 15.9 Å². The van der Waals surface area contributed by atoms with Crippen LogP contribution in [0.3, 0.4) is 0 Å². The Morgan fingerprint density at radius 2 is 2.05 bits per heavy atom. The third-order valence-electron chi connectivity index (χ3n) is 2.88. The lowest BCUT2D eigenvalue weighted by atomic mass is 10.2. The van der Waals surface area contributed by atoms with Gasteiger partial charge in [-0.05, 0) is 49.2 Å². The maximum Gasteiger partial charge on any atom is 0.274 e. The van der Waals surface area contributed by atoms with Crippen molar-refractivity contribution in [3.63, 3.8) is 0 Å². The van der Waals surface area contributed by atoms with Crippen LogP contribution in [0.1, 0.15) is 29.4 Å². The number of carbonyl (C=O) groups excluding carboxylic acids is 1. The van der Waals surface area contributed by atoms with E-state index in [9.17, 15) is 4.79 Å². The summed E-state index contributed by atoms with van der Waals surface area (Å²) in [4.78, 5) is 16.3. The lowest BCUT2D eigenvalue weighted by Crippen LogP contribution is -2.14. The third-order valence-corrected chi connectivity index (χ3v) is 3.33.